The molecule has 1 amide bonds. The summed E-state index contributed by atoms with van der Waals surface area (Å²) in [6.45, 7) is 1.03. The molecule has 30 heavy (non-hydrogen) atoms. The standard InChI is InChI=1S/C22H19N5O2S/c28-12-13-4-5-17-14(7-13)8-15(10-24-17)20-21-18(26-27-20)9-19(30-21)22(29)25-11-16-3-1-2-6-23-16/h1-9,24,28H,10-12H2,(H,25,29)(H,26,27). The van der Waals surface area contributed by atoms with Crippen molar-refractivity contribution in [2.75, 3.05) is 11.9 Å². The maximum absolute atomic E-state index is 12.6. The molecule has 150 valence electrons. The highest BCUT2D eigenvalue weighted by atomic mass is 32.1. The fourth-order valence-electron chi connectivity index (χ4n) is 3.48. The summed E-state index contributed by atoms with van der Waals surface area (Å²) >= 11 is 1.42. The molecule has 0 spiro atoms. The van der Waals surface area contributed by atoms with E-state index < -0.39 is 0 Å². The summed E-state index contributed by atoms with van der Waals surface area (Å²) in [5.41, 5.74) is 6.44. The zero-order chi connectivity index (χ0) is 20.5. The van der Waals surface area contributed by atoms with Crippen molar-refractivity contribution in [3.8, 4) is 0 Å². The van der Waals surface area contributed by atoms with Gasteiger partial charge < -0.3 is 15.7 Å². The number of thiophene rings is 1. The molecule has 1 aliphatic heterocycles. The van der Waals surface area contributed by atoms with Crippen LogP contribution in [0.15, 0.2) is 48.7 Å². The highest BCUT2D eigenvalue weighted by molar-refractivity contribution is 7.21. The third kappa shape index (κ3) is 3.47. The summed E-state index contributed by atoms with van der Waals surface area (Å²) < 4.78 is 0.952. The third-order valence-corrected chi connectivity index (χ3v) is 6.16. The lowest BCUT2D eigenvalue weighted by Gasteiger charge is -2.18. The molecule has 0 bridgehead atoms. The molecule has 8 heteroatoms. The Morgan fingerprint density at radius 3 is 3.00 bits per heavy atom. The second-order valence-corrected chi connectivity index (χ2v) is 8.08. The largest absolute Gasteiger partial charge is 0.392 e. The molecular formula is C22H19N5O2S. The molecule has 0 radical (unpaired) electrons. The minimum Gasteiger partial charge on any atom is -0.392 e. The Bertz CT molecular complexity index is 1260. The zero-order valence-electron chi connectivity index (χ0n) is 16.0. The molecule has 0 saturated heterocycles. The van der Waals surface area contributed by atoms with Crippen molar-refractivity contribution >= 4 is 44.8 Å². The lowest BCUT2D eigenvalue weighted by atomic mass is 10.0. The lowest BCUT2D eigenvalue weighted by Crippen LogP contribution is -2.22. The molecule has 1 aliphatic rings. The normalized spacial score (nSPS) is 12.9. The van der Waals surface area contributed by atoms with Gasteiger partial charge in [0.15, 0.2) is 0 Å². The number of nitrogens with zero attached hydrogens (tertiary/aromatic N) is 2. The first-order valence-corrected chi connectivity index (χ1v) is 10.4. The Labute approximate surface area is 176 Å². The van der Waals surface area contributed by atoms with Crippen LogP contribution < -0.4 is 10.6 Å². The SMILES string of the molecule is O=C(NCc1ccccn1)c1cc2[nH]nc(C3=Cc4cc(CO)ccc4NC3)c2s1. The minimum absolute atomic E-state index is 0.00496. The van der Waals surface area contributed by atoms with Crippen LogP contribution in [0.25, 0.3) is 21.9 Å². The maximum Gasteiger partial charge on any atom is 0.261 e. The molecule has 1 aromatic carbocycles. The van der Waals surface area contributed by atoms with Crippen molar-refractivity contribution in [3.63, 3.8) is 0 Å². The quantitative estimate of drug-likeness (QED) is 0.399. The first kappa shape index (κ1) is 18.5. The van der Waals surface area contributed by atoms with E-state index in [1.165, 1.54) is 11.3 Å². The molecule has 0 saturated carbocycles. The van der Waals surface area contributed by atoms with E-state index in [9.17, 15) is 9.90 Å². The van der Waals surface area contributed by atoms with Crippen molar-refractivity contribution < 1.29 is 9.90 Å². The zero-order valence-corrected chi connectivity index (χ0v) is 16.8. The fourth-order valence-corrected chi connectivity index (χ4v) is 4.53. The van der Waals surface area contributed by atoms with Gasteiger partial charge in [0.05, 0.1) is 33.9 Å². The molecule has 5 rings (SSSR count). The molecule has 0 unspecified atom stereocenters. The van der Waals surface area contributed by atoms with Gasteiger partial charge >= 0.3 is 0 Å². The number of pyridine rings is 1. The number of rotatable bonds is 5. The van der Waals surface area contributed by atoms with Gasteiger partial charge in [-0.2, -0.15) is 5.10 Å². The fraction of sp³-hybridized carbons (Fsp3) is 0.136. The smallest absolute Gasteiger partial charge is 0.261 e. The van der Waals surface area contributed by atoms with Crippen LogP contribution in [0.4, 0.5) is 5.69 Å². The predicted octanol–water partition coefficient (Wildman–Crippen LogP) is 3.41. The molecule has 4 aromatic rings. The number of hydrogen-bond acceptors (Lipinski definition) is 6. The summed E-state index contributed by atoms with van der Waals surface area (Å²) in [4.78, 5) is 17.4. The predicted molar refractivity (Wildman–Crippen MR) is 118 cm³/mol. The van der Waals surface area contributed by atoms with E-state index in [1.54, 1.807) is 6.20 Å². The Hall–Kier alpha value is -3.49. The van der Waals surface area contributed by atoms with Crippen LogP contribution in [0.2, 0.25) is 0 Å². The van der Waals surface area contributed by atoms with Crippen molar-refractivity contribution in [3.05, 3.63) is 76.1 Å². The second kappa shape index (κ2) is 7.74. The minimum atomic E-state index is -0.130. The van der Waals surface area contributed by atoms with E-state index in [2.05, 4.69) is 31.9 Å². The molecule has 4 heterocycles. The van der Waals surface area contributed by atoms with E-state index in [-0.39, 0.29) is 12.5 Å². The average Bonchev–Trinajstić information content (AvgIpc) is 3.38. The average molecular weight is 417 g/mol. The number of carbonyl (C=O) groups is 1. The first-order chi connectivity index (χ1) is 14.7. The van der Waals surface area contributed by atoms with Crippen LogP contribution in [0.5, 0.6) is 0 Å². The lowest BCUT2D eigenvalue weighted by molar-refractivity contribution is 0.0954. The number of hydrogen-bond donors (Lipinski definition) is 4. The van der Waals surface area contributed by atoms with E-state index in [1.807, 2.05) is 42.5 Å². The molecular weight excluding hydrogens is 398 g/mol. The van der Waals surface area contributed by atoms with Crippen molar-refractivity contribution in [2.45, 2.75) is 13.2 Å². The molecule has 0 fully saturated rings. The summed E-state index contributed by atoms with van der Waals surface area (Å²) in [7, 11) is 0. The van der Waals surface area contributed by atoms with Crippen LogP contribution >= 0.6 is 11.3 Å². The summed E-state index contributed by atoms with van der Waals surface area (Å²) in [6.07, 6.45) is 3.79. The van der Waals surface area contributed by atoms with Crippen LogP contribution in [0, 0.1) is 0 Å². The number of H-pyrrole nitrogens is 1. The summed E-state index contributed by atoms with van der Waals surface area (Å²) in [6, 6.07) is 13.3. The van der Waals surface area contributed by atoms with Gasteiger partial charge in [-0.25, -0.2) is 0 Å². The van der Waals surface area contributed by atoms with Crippen LogP contribution in [0.1, 0.15) is 32.2 Å². The Morgan fingerprint density at radius 2 is 2.17 bits per heavy atom. The molecule has 0 atom stereocenters. The van der Waals surface area contributed by atoms with Gasteiger partial charge in [-0.1, -0.05) is 12.1 Å². The summed E-state index contributed by atoms with van der Waals surface area (Å²) in [5.74, 6) is -0.130. The number of benzene rings is 1. The van der Waals surface area contributed by atoms with Gasteiger partial charge in [0.1, 0.15) is 5.69 Å². The number of fused-ring (bicyclic) bond motifs is 2. The van der Waals surface area contributed by atoms with Gasteiger partial charge in [0, 0.05) is 24.0 Å². The van der Waals surface area contributed by atoms with E-state index in [0.717, 1.165) is 44.0 Å². The van der Waals surface area contributed by atoms with Crippen LogP contribution in [-0.4, -0.2) is 32.7 Å². The Morgan fingerprint density at radius 1 is 1.23 bits per heavy atom. The van der Waals surface area contributed by atoms with Crippen LogP contribution in [-0.2, 0) is 13.2 Å². The van der Waals surface area contributed by atoms with E-state index in [4.69, 9.17) is 0 Å². The topological polar surface area (TPSA) is 103 Å². The molecule has 0 aliphatic carbocycles. The second-order valence-electron chi connectivity index (χ2n) is 7.03. The number of carbonyl (C=O) groups excluding carboxylic acids is 1. The number of nitrogens with one attached hydrogen (secondary N) is 3. The third-order valence-electron chi connectivity index (χ3n) is 5.02. The highest BCUT2D eigenvalue weighted by Crippen LogP contribution is 2.35. The Balaban J connectivity index is 1.40. The van der Waals surface area contributed by atoms with Crippen molar-refractivity contribution in [1.29, 1.82) is 0 Å². The number of aromatic amines is 1. The van der Waals surface area contributed by atoms with Gasteiger partial charge in [-0.05, 0) is 47.5 Å². The first-order valence-electron chi connectivity index (χ1n) is 9.56. The molecule has 3 aromatic heterocycles. The molecule has 7 nitrogen and oxygen atoms in total. The van der Waals surface area contributed by atoms with Gasteiger partial charge in [-0.15, -0.1) is 11.3 Å². The van der Waals surface area contributed by atoms with E-state index in [0.29, 0.717) is 18.0 Å². The number of aromatic nitrogens is 3. The van der Waals surface area contributed by atoms with Crippen molar-refractivity contribution in [1.82, 2.24) is 20.5 Å². The Kier molecular flexibility index (Phi) is 4.78. The van der Waals surface area contributed by atoms with Gasteiger partial charge in [0.2, 0.25) is 0 Å². The number of aliphatic hydroxyl groups is 1. The van der Waals surface area contributed by atoms with Gasteiger partial charge in [-0.3, -0.25) is 14.9 Å². The molecule has 4 N–H and O–H groups in total. The maximum atomic E-state index is 12.6. The number of aliphatic hydroxyl groups excluding tert-OH is 1. The van der Waals surface area contributed by atoms with E-state index >= 15 is 0 Å². The van der Waals surface area contributed by atoms with Gasteiger partial charge in [0.25, 0.3) is 5.91 Å². The van der Waals surface area contributed by atoms with Crippen molar-refractivity contribution in [2.24, 2.45) is 0 Å². The highest BCUT2D eigenvalue weighted by Gasteiger charge is 2.20. The monoisotopic (exact) mass is 417 g/mol. The summed E-state index contributed by atoms with van der Waals surface area (Å²) in [5, 5.41) is 23.2. The number of amides is 1. The number of anilines is 1. The van der Waals surface area contributed by atoms with Crippen LogP contribution in [0.3, 0.4) is 0 Å².